The Labute approximate surface area is 108 Å². The number of amides is 1. The molecule has 2 aliphatic heterocycles. The van der Waals surface area contributed by atoms with Gasteiger partial charge in [0.15, 0.2) is 0 Å². The third kappa shape index (κ3) is 2.15. The van der Waals surface area contributed by atoms with Gasteiger partial charge in [-0.3, -0.25) is 9.69 Å². The predicted octanol–water partition coefficient (Wildman–Crippen LogP) is 1.88. The molecule has 0 aliphatic carbocycles. The molecule has 0 spiro atoms. The largest absolute Gasteiger partial charge is 0.337 e. The summed E-state index contributed by atoms with van der Waals surface area (Å²) >= 11 is 0. The van der Waals surface area contributed by atoms with Crippen molar-refractivity contribution >= 4 is 5.91 Å². The second-order valence-corrected chi connectivity index (χ2v) is 5.50. The Morgan fingerprint density at radius 3 is 2.78 bits per heavy atom. The Balaban J connectivity index is 1.69. The molecule has 2 aliphatic rings. The van der Waals surface area contributed by atoms with Crippen LogP contribution in [0.15, 0.2) is 30.3 Å². The van der Waals surface area contributed by atoms with E-state index >= 15 is 0 Å². The smallest absolute Gasteiger partial charge is 0.222 e. The standard InChI is InChI=1S/C15H20N2O/c1-12-9-17-14(7-8-15(17)18)11-16(12)10-13-5-3-2-4-6-13/h2-6,12,14H,7-11H2,1H3/t12-,14?/m0/s1. The number of nitrogens with zero attached hydrogens (tertiary/aromatic N) is 2. The van der Waals surface area contributed by atoms with Crippen LogP contribution in [0.2, 0.25) is 0 Å². The van der Waals surface area contributed by atoms with Gasteiger partial charge in [-0.05, 0) is 18.9 Å². The maximum Gasteiger partial charge on any atom is 0.222 e. The second kappa shape index (κ2) is 4.73. The molecule has 3 rings (SSSR count). The Bertz CT molecular complexity index is 431. The third-order valence-corrected chi connectivity index (χ3v) is 4.21. The zero-order valence-corrected chi connectivity index (χ0v) is 10.9. The van der Waals surface area contributed by atoms with Crippen LogP contribution in [0.4, 0.5) is 0 Å². The summed E-state index contributed by atoms with van der Waals surface area (Å²) in [4.78, 5) is 16.3. The lowest BCUT2D eigenvalue weighted by Crippen LogP contribution is -2.55. The van der Waals surface area contributed by atoms with Gasteiger partial charge < -0.3 is 4.90 Å². The number of fused-ring (bicyclic) bond motifs is 1. The quantitative estimate of drug-likeness (QED) is 0.793. The normalized spacial score (nSPS) is 28.5. The first-order valence-corrected chi connectivity index (χ1v) is 6.81. The lowest BCUT2D eigenvalue weighted by molar-refractivity contribution is -0.131. The van der Waals surface area contributed by atoms with Crippen LogP contribution in [0.1, 0.15) is 25.3 Å². The number of rotatable bonds is 2. The number of hydrogen-bond acceptors (Lipinski definition) is 2. The van der Waals surface area contributed by atoms with E-state index in [4.69, 9.17) is 0 Å². The van der Waals surface area contributed by atoms with Gasteiger partial charge in [0.1, 0.15) is 0 Å². The number of hydrogen-bond donors (Lipinski definition) is 0. The van der Waals surface area contributed by atoms with Gasteiger partial charge in [-0.15, -0.1) is 0 Å². The van der Waals surface area contributed by atoms with Crippen molar-refractivity contribution in [1.82, 2.24) is 9.80 Å². The number of piperazine rings is 1. The van der Waals surface area contributed by atoms with Gasteiger partial charge in [-0.25, -0.2) is 0 Å². The van der Waals surface area contributed by atoms with Gasteiger partial charge in [0.05, 0.1) is 0 Å². The molecule has 3 heteroatoms. The first-order valence-electron chi connectivity index (χ1n) is 6.81. The molecule has 0 radical (unpaired) electrons. The number of carbonyl (C=O) groups excluding carboxylic acids is 1. The Hall–Kier alpha value is -1.35. The van der Waals surface area contributed by atoms with Crippen molar-refractivity contribution in [3.63, 3.8) is 0 Å². The average Bonchev–Trinajstić information content (AvgIpc) is 2.73. The molecule has 96 valence electrons. The summed E-state index contributed by atoms with van der Waals surface area (Å²) in [5, 5.41) is 0. The van der Waals surface area contributed by atoms with E-state index in [1.165, 1.54) is 5.56 Å². The summed E-state index contributed by atoms with van der Waals surface area (Å²) in [6.07, 6.45) is 1.79. The summed E-state index contributed by atoms with van der Waals surface area (Å²) in [7, 11) is 0. The van der Waals surface area contributed by atoms with Gasteiger partial charge in [0.25, 0.3) is 0 Å². The number of carbonyl (C=O) groups is 1. The van der Waals surface area contributed by atoms with Crippen molar-refractivity contribution in [3.8, 4) is 0 Å². The van der Waals surface area contributed by atoms with Crippen molar-refractivity contribution in [2.45, 2.75) is 38.4 Å². The SMILES string of the molecule is C[C@H]1CN2C(=O)CCC2CN1Cc1ccccc1. The minimum atomic E-state index is 0.353. The van der Waals surface area contributed by atoms with E-state index in [0.717, 1.165) is 32.5 Å². The van der Waals surface area contributed by atoms with Crippen LogP contribution < -0.4 is 0 Å². The molecule has 0 aromatic heterocycles. The van der Waals surface area contributed by atoms with E-state index < -0.39 is 0 Å². The maximum absolute atomic E-state index is 11.7. The fourth-order valence-corrected chi connectivity index (χ4v) is 3.12. The molecule has 18 heavy (non-hydrogen) atoms. The molecule has 1 amide bonds. The molecular formula is C15H20N2O. The number of benzene rings is 1. The van der Waals surface area contributed by atoms with Crippen LogP contribution in [0.5, 0.6) is 0 Å². The summed E-state index contributed by atoms with van der Waals surface area (Å²) in [6, 6.07) is 11.5. The average molecular weight is 244 g/mol. The Morgan fingerprint density at radius 2 is 2.00 bits per heavy atom. The van der Waals surface area contributed by atoms with Gasteiger partial charge >= 0.3 is 0 Å². The van der Waals surface area contributed by atoms with Crippen LogP contribution in [-0.4, -0.2) is 40.9 Å². The summed E-state index contributed by atoms with van der Waals surface area (Å²) in [5.74, 6) is 0.353. The molecule has 1 aromatic rings. The van der Waals surface area contributed by atoms with Gasteiger partial charge in [-0.2, -0.15) is 0 Å². The summed E-state index contributed by atoms with van der Waals surface area (Å²) in [5.41, 5.74) is 1.36. The minimum absolute atomic E-state index is 0.353. The van der Waals surface area contributed by atoms with E-state index in [9.17, 15) is 4.79 Å². The van der Waals surface area contributed by atoms with Crippen molar-refractivity contribution in [1.29, 1.82) is 0 Å². The highest BCUT2D eigenvalue weighted by molar-refractivity contribution is 5.79. The second-order valence-electron chi connectivity index (χ2n) is 5.50. The highest BCUT2D eigenvalue weighted by atomic mass is 16.2. The molecule has 1 unspecified atom stereocenters. The molecule has 2 heterocycles. The van der Waals surface area contributed by atoms with Crippen LogP contribution in [-0.2, 0) is 11.3 Å². The van der Waals surface area contributed by atoms with Crippen molar-refractivity contribution < 1.29 is 4.79 Å². The van der Waals surface area contributed by atoms with Gasteiger partial charge in [0, 0.05) is 38.1 Å². The summed E-state index contributed by atoms with van der Waals surface area (Å²) in [6.45, 7) is 5.16. The maximum atomic E-state index is 11.7. The van der Waals surface area contributed by atoms with Crippen LogP contribution in [0, 0.1) is 0 Å². The van der Waals surface area contributed by atoms with Crippen molar-refractivity contribution in [3.05, 3.63) is 35.9 Å². The van der Waals surface area contributed by atoms with Crippen molar-refractivity contribution in [2.75, 3.05) is 13.1 Å². The van der Waals surface area contributed by atoms with Crippen LogP contribution in [0.3, 0.4) is 0 Å². The molecule has 2 fully saturated rings. The fourth-order valence-electron chi connectivity index (χ4n) is 3.12. The third-order valence-electron chi connectivity index (χ3n) is 4.21. The van der Waals surface area contributed by atoms with E-state index in [0.29, 0.717) is 18.0 Å². The molecule has 3 nitrogen and oxygen atoms in total. The fraction of sp³-hybridized carbons (Fsp3) is 0.533. The van der Waals surface area contributed by atoms with E-state index in [1.54, 1.807) is 0 Å². The van der Waals surface area contributed by atoms with Gasteiger partial charge in [0.2, 0.25) is 5.91 Å². The Kier molecular flexibility index (Phi) is 3.08. The highest BCUT2D eigenvalue weighted by Gasteiger charge is 2.38. The first kappa shape index (κ1) is 11.7. The highest BCUT2D eigenvalue weighted by Crippen LogP contribution is 2.26. The molecule has 2 saturated heterocycles. The minimum Gasteiger partial charge on any atom is -0.337 e. The first-order chi connectivity index (χ1) is 8.74. The topological polar surface area (TPSA) is 23.6 Å². The zero-order valence-electron chi connectivity index (χ0n) is 10.9. The van der Waals surface area contributed by atoms with E-state index in [1.807, 2.05) is 0 Å². The molecule has 0 saturated carbocycles. The van der Waals surface area contributed by atoms with Crippen molar-refractivity contribution in [2.24, 2.45) is 0 Å². The van der Waals surface area contributed by atoms with Gasteiger partial charge in [-0.1, -0.05) is 30.3 Å². The monoisotopic (exact) mass is 244 g/mol. The predicted molar refractivity (Wildman–Crippen MR) is 71.0 cm³/mol. The molecule has 1 aromatic carbocycles. The lowest BCUT2D eigenvalue weighted by atomic mass is 10.1. The Morgan fingerprint density at radius 1 is 1.22 bits per heavy atom. The van der Waals surface area contributed by atoms with E-state index in [2.05, 4.69) is 47.1 Å². The molecule has 0 bridgehead atoms. The van der Waals surface area contributed by atoms with Crippen LogP contribution in [0.25, 0.3) is 0 Å². The molecular weight excluding hydrogens is 224 g/mol. The van der Waals surface area contributed by atoms with E-state index in [-0.39, 0.29) is 0 Å². The molecule has 2 atom stereocenters. The molecule has 0 N–H and O–H groups in total. The zero-order chi connectivity index (χ0) is 12.5. The lowest BCUT2D eigenvalue weighted by Gasteiger charge is -2.42. The summed E-state index contributed by atoms with van der Waals surface area (Å²) < 4.78 is 0. The van der Waals surface area contributed by atoms with Crippen LogP contribution >= 0.6 is 0 Å².